The Balaban J connectivity index is 0.00000312. The van der Waals surface area contributed by atoms with Gasteiger partial charge in [0.05, 0.1) is 0 Å². The second kappa shape index (κ2) is 11.3. The molecule has 1 fully saturated rings. The Morgan fingerprint density at radius 3 is 2.56 bits per heavy atom. The van der Waals surface area contributed by atoms with E-state index >= 15 is 0 Å². The van der Waals surface area contributed by atoms with E-state index < -0.39 is 0 Å². The van der Waals surface area contributed by atoms with Crippen LogP contribution in [0.5, 0.6) is 0 Å². The lowest BCUT2D eigenvalue weighted by Crippen LogP contribution is -2.37. The van der Waals surface area contributed by atoms with Gasteiger partial charge >= 0.3 is 0 Å². The summed E-state index contributed by atoms with van der Waals surface area (Å²) in [5, 5.41) is 9.64. The molecule has 2 atom stereocenters. The van der Waals surface area contributed by atoms with Crippen molar-refractivity contribution in [2.45, 2.75) is 26.2 Å². The molecule has 7 heteroatoms. The fourth-order valence-corrected chi connectivity index (χ4v) is 3.10. The average Bonchev–Trinajstić information content (AvgIpc) is 2.60. The van der Waals surface area contributed by atoms with Crippen LogP contribution < -0.4 is 16.0 Å². The maximum atomic E-state index is 12.0. The Kier molecular flexibility index (Phi) is 9.86. The van der Waals surface area contributed by atoms with E-state index in [-0.39, 0.29) is 24.2 Å². The molecule has 2 rings (SSSR count). The maximum Gasteiger partial charge on any atom is 0.251 e. The molecule has 1 heterocycles. The predicted octanol–water partition coefficient (Wildman–Crippen LogP) is 2.63. The van der Waals surface area contributed by atoms with Gasteiger partial charge in [-0.15, -0.1) is 12.4 Å². The molecule has 3 N–H and O–H groups in total. The minimum Gasteiger partial charge on any atom is -0.354 e. The first-order chi connectivity index (χ1) is 11.6. The van der Waals surface area contributed by atoms with Gasteiger partial charge in [0, 0.05) is 30.1 Å². The molecular formula is C18H27Cl2N3O2. The molecule has 0 saturated carbocycles. The topological polar surface area (TPSA) is 70.2 Å². The van der Waals surface area contributed by atoms with E-state index in [9.17, 15) is 9.59 Å². The number of carbonyl (C=O) groups is 2. The van der Waals surface area contributed by atoms with Gasteiger partial charge in [0.2, 0.25) is 5.91 Å². The second-order valence-electron chi connectivity index (χ2n) is 6.40. The lowest BCUT2D eigenvalue weighted by molar-refractivity contribution is -0.122. The van der Waals surface area contributed by atoms with Crippen LogP contribution in [-0.4, -0.2) is 38.0 Å². The molecule has 2 amide bonds. The molecule has 2 unspecified atom stereocenters. The summed E-state index contributed by atoms with van der Waals surface area (Å²) in [5.74, 6) is 0.840. The van der Waals surface area contributed by atoms with Crippen LogP contribution in [-0.2, 0) is 4.79 Å². The Hall–Kier alpha value is -1.30. The highest BCUT2D eigenvalue weighted by Gasteiger charge is 2.21. The third-order valence-electron chi connectivity index (χ3n) is 4.49. The van der Waals surface area contributed by atoms with Crippen molar-refractivity contribution in [3.05, 3.63) is 34.9 Å². The van der Waals surface area contributed by atoms with Crippen molar-refractivity contribution in [3.8, 4) is 0 Å². The number of piperidine rings is 1. The van der Waals surface area contributed by atoms with Crippen LogP contribution >= 0.6 is 24.0 Å². The highest BCUT2D eigenvalue weighted by molar-refractivity contribution is 6.30. The summed E-state index contributed by atoms with van der Waals surface area (Å²) in [5.41, 5.74) is 0.559. The molecule has 5 nitrogen and oxygen atoms in total. The molecule has 1 saturated heterocycles. The molecule has 140 valence electrons. The molecule has 0 aliphatic carbocycles. The molecule has 25 heavy (non-hydrogen) atoms. The fraction of sp³-hybridized carbons (Fsp3) is 0.556. The van der Waals surface area contributed by atoms with E-state index in [0.717, 1.165) is 13.1 Å². The summed E-state index contributed by atoms with van der Waals surface area (Å²) in [6, 6.07) is 6.71. The maximum absolute atomic E-state index is 12.0. The first-order valence-electron chi connectivity index (χ1n) is 8.57. The molecular weight excluding hydrogens is 361 g/mol. The molecule has 1 aromatic carbocycles. The van der Waals surface area contributed by atoms with Crippen LogP contribution in [0, 0.1) is 11.8 Å². The molecule has 1 aliphatic heterocycles. The largest absolute Gasteiger partial charge is 0.354 e. The number of hydrogen-bond donors (Lipinski definition) is 3. The van der Waals surface area contributed by atoms with Gasteiger partial charge in [-0.05, 0) is 62.0 Å². The van der Waals surface area contributed by atoms with Crippen molar-refractivity contribution in [3.63, 3.8) is 0 Å². The number of benzene rings is 1. The third-order valence-corrected chi connectivity index (χ3v) is 4.74. The Morgan fingerprint density at radius 1 is 1.24 bits per heavy atom. The SMILES string of the molecule is CC(CC(=O)NCCNC(=O)c1ccc(Cl)cc1)C1CCCNC1.Cl. The van der Waals surface area contributed by atoms with Gasteiger partial charge < -0.3 is 16.0 Å². The lowest BCUT2D eigenvalue weighted by atomic mass is 9.85. The predicted molar refractivity (Wildman–Crippen MR) is 103 cm³/mol. The first-order valence-corrected chi connectivity index (χ1v) is 8.95. The Bertz CT molecular complexity index is 546. The van der Waals surface area contributed by atoms with E-state index in [4.69, 9.17) is 11.6 Å². The van der Waals surface area contributed by atoms with Gasteiger partial charge in [-0.25, -0.2) is 0 Å². The minimum absolute atomic E-state index is 0. The standard InChI is InChI=1S/C18H26ClN3O2.ClH/c1-13(15-3-2-8-20-12-15)11-17(23)21-9-10-22-18(24)14-4-6-16(19)7-5-14;/h4-7,13,15,20H,2-3,8-12H2,1H3,(H,21,23)(H,22,24);1H. The number of rotatable bonds is 7. The summed E-state index contributed by atoms with van der Waals surface area (Å²) in [4.78, 5) is 23.9. The van der Waals surface area contributed by atoms with Crippen LogP contribution in [0.4, 0.5) is 0 Å². The molecule has 0 radical (unpaired) electrons. The zero-order valence-corrected chi connectivity index (χ0v) is 16.1. The minimum atomic E-state index is -0.164. The van der Waals surface area contributed by atoms with E-state index in [2.05, 4.69) is 22.9 Å². The summed E-state index contributed by atoms with van der Waals surface area (Å²) in [7, 11) is 0. The summed E-state index contributed by atoms with van der Waals surface area (Å²) in [6.45, 7) is 5.08. The molecule has 1 aromatic rings. The molecule has 0 spiro atoms. The first kappa shape index (κ1) is 21.7. The van der Waals surface area contributed by atoms with E-state index in [0.29, 0.717) is 41.9 Å². The summed E-state index contributed by atoms with van der Waals surface area (Å²) in [6.07, 6.45) is 2.92. The zero-order valence-electron chi connectivity index (χ0n) is 14.5. The van der Waals surface area contributed by atoms with Gasteiger partial charge in [-0.2, -0.15) is 0 Å². The normalized spacial score (nSPS) is 17.9. The smallest absolute Gasteiger partial charge is 0.251 e. The van der Waals surface area contributed by atoms with Gasteiger partial charge in [-0.1, -0.05) is 18.5 Å². The fourth-order valence-electron chi connectivity index (χ4n) is 2.98. The van der Waals surface area contributed by atoms with Gasteiger partial charge in [0.15, 0.2) is 0 Å². The number of halogens is 2. The zero-order chi connectivity index (χ0) is 17.4. The van der Waals surface area contributed by atoms with Crippen molar-refractivity contribution in [1.29, 1.82) is 0 Å². The third kappa shape index (κ3) is 7.63. The van der Waals surface area contributed by atoms with Crippen LogP contribution in [0.2, 0.25) is 5.02 Å². The van der Waals surface area contributed by atoms with E-state index in [1.54, 1.807) is 24.3 Å². The molecule has 0 bridgehead atoms. The number of nitrogens with one attached hydrogen (secondary N) is 3. The van der Waals surface area contributed by atoms with Crippen LogP contribution in [0.3, 0.4) is 0 Å². The van der Waals surface area contributed by atoms with Crippen LogP contribution in [0.25, 0.3) is 0 Å². The van der Waals surface area contributed by atoms with Crippen molar-refractivity contribution in [2.24, 2.45) is 11.8 Å². The monoisotopic (exact) mass is 387 g/mol. The quantitative estimate of drug-likeness (QED) is 0.629. The summed E-state index contributed by atoms with van der Waals surface area (Å²) < 4.78 is 0. The van der Waals surface area contributed by atoms with Crippen molar-refractivity contribution in [2.75, 3.05) is 26.2 Å². The second-order valence-corrected chi connectivity index (χ2v) is 6.84. The van der Waals surface area contributed by atoms with E-state index in [1.165, 1.54) is 12.8 Å². The average molecular weight is 388 g/mol. The Labute approximate surface area is 160 Å². The highest BCUT2D eigenvalue weighted by atomic mass is 35.5. The summed E-state index contributed by atoms with van der Waals surface area (Å²) >= 11 is 5.79. The van der Waals surface area contributed by atoms with Crippen molar-refractivity contribution in [1.82, 2.24) is 16.0 Å². The molecule has 0 aromatic heterocycles. The molecule has 1 aliphatic rings. The van der Waals surface area contributed by atoms with Crippen LogP contribution in [0.15, 0.2) is 24.3 Å². The number of amides is 2. The van der Waals surface area contributed by atoms with Crippen LogP contribution in [0.1, 0.15) is 36.5 Å². The number of carbonyl (C=O) groups excluding carboxylic acids is 2. The van der Waals surface area contributed by atoms with E-state index in [1.807, 2.05) is 0 Å². The van der Waals surface area contributed by atoms with Gasteiger partial charge in [-0.3, -0.25) is 9.59 Å². The van der Waals surface area contributed by atoms with Gasteiger partial charge in [0.1, 0.15) is 0 Å². The van der Waals surface area contributed by atoms with Gasteiger partial charge in [0.25, 0.3) is 5.91 Å². The number of hydrogen-bond acceptors (Lipinski definition) is 3. The van der Waals surface area contributed by atoms with Crippen molar-refractivity contribution >= 4 is 35.8 Å². The van der Waals surface area contributed by atoms with Crippen molar-refractivity contribution < 1.29 is 9.59 Å². The lowest BCUT2D eigenvalue weighted by Gasteiger charge is -2.28. The Morgan fingerprint density at radius 2 is 1.92 bits per heavy atom. The highest BCUT2D eigenvalue weighted by Crippen LogP contribution is 2.22.